The van der Waals surface area contributed by atoms with Gasteiger partial charge >= 0.3 is 20.1 Å². The summed E-state index contributed by atoms with van der Waals surface area (Å²) < 4.78 is 0. The summed E-state index contributed by atoms with van der Waals surface area (Å²) >= 11 is 0. The van der Waals surface area contributed by atoms with Gasteiger partial charge in [0.2, 0.25) is 0 Å². The van der Waals surface area contributed by atoms with E-state index < -0.39 is 0 Å². The molecule has 5 heterocycles. The number of aryl methyl sites for hydroxylation is 3. The Morgan fingerprint density at radius 2 is 0.568 bits per heavy atom. The van der Waals surface area contributed by atoms with Crippen LogP contribution in [0, 0.1) is 45.0 Å². The third-order valence-electron chi connectivity index (χ3n) is 11.7. The molecule has 7 aromatic carbocycles. The minimum Gasteiger partial charge on any atom is -0.400 e. The summed E-state index contributed by atoms with van der Waals surface area (Å²) in [7, 11) is 2.00. The van der Waals surface area contributed by atoms with E-state index in [4.69, 9.17) is 10.2 Å². The maximum absolute atomic E-state index is 7.00. The molecule has 0 unspecified atom stereocenters. The van der Waals surface area contributed by atoms with Crippen LogP contribution in [0.5, 0.6) is 0 Å². The fraction of sp³-hybridized carbons (Fsp3) is 0.0694. The van der Waals surface area contributed by atoms with Gasteiger partial charge in [0, 0.05) is 70.9 Å². The molecule has 0 atom stereocenters. The molecule has 1 radical (unpaired) electrons. The second-order valence-electron chi connectivity index (χ2n) is 17.1. The van der Waals surface area contributed by atoms with E-state index in [-0.39, 0.29) is 40.2 Å². The van der Waals surface area contributed by atoms with Crippen LogP contribution < -0.4 is 0 Å². The third-order valence-corrected chi connectivity index (χ3v) is 11.7. The summed E-state index contributed by atoms with van der Waals surface area (Å²) in [5, 5.41) is 14.0. The predicted octanol–water partition coefficient (Wildman–Crippen LogP) is 16.4. The number of pyridine rings is 5. The fourth-order valence-electron chi connectivity index (χ4n) is 7.87. The van der Waals surface area contributed by atoms with Gasteiger partial charge in [-0.3, -0.25) is 4.98 Å². The van der Waals surface area contributed by atoms with E-state index in [0.717, 1.165) is 70.5 Å². The number of hydrogen-bond acceptors (Lipinski definition) is 7. The molecule has 5 aromatic heterocycles. The molecule has 0 saturated heterocycles. The first-order valence-electron chi connectivity index (χ1n) is 25.6. The van der Waals surface area contributed by atoms with Crippen molar-refractivity contribution in [3.05, 3.63) is 321 Å². The zero-order valence-corrected chi connectivity index (χ0v) is 50.6. The minimum absolute atomic E-state index is 0. The summed E-state index contributed by atoms with van der Waals surface area (Å²) in [6, 6.07) is 95.5. The van der Waals surface area contributed by atoms with Crippen molar-refractivity contribution in [1.29, 1.82) is 0 Å². The average Bonchev–Trinajstić information content (AvgIpc) is 3.55. The number of aliphatic hydroxyl groups is 2. The summed E-state index contributed by atoms with van der Waals surface area (Å²) in [5.41, 5.74) is 18.7. The number of benzene rings is 7. The largest absolute Gasteiger partial charge is 3.00 e. The average molecular weight is 1410 g/mol. The first kappa shape index (κ1) is 65.0. The number of rotatable bonds is 7. The molecule has 0 amide bonds. The van der Waals surface area contributed by atoms with Gasteiger partial charge in [0.05, 0.1) is 5.69 Å². The van der Waals surface area contributed by atoms with Gasteiger partial charge in [-0.05, 0) is 102 Å². The SMILES string of the molecule is CO.CO.Cc1cccnc1-c1[c-]cccc1.Cc1cccnc1-c1[c-]cccc1.Cc1cccnc1-c1[c-]cccc1.[Ir+3].[Ir].[c-]1ccccc1-c1cc(-c2ccccc2)ccn1.c1ccc(-c2ccnc(-c3ccccc3)c2)cc1. The van der Waals surface area contributed by atoms with E-state index in [1.54, 1.807) is 0 Å². The van der Waals surface area contributed by atoms with Crippen molar-refractivity contribution in [3.63, 3.8) is 0 Å². The predicted molar refractivity (Wildman–Crippen MR) is 325 cm³/mol. The molecule has 12 rings (SSSR count). The topological polar surface area (TPSA) is 105 Å². The van der Waals surface area contributed by atoms with E-state index in [1.165, 1.54) is 38.9 Å². The zero-order chi connectivity index (χ0) is 55.7. The van der Waals surface area contributed by atoms with Crippen molar-refractivity contribution in [3.8, 4) is 78.5 Å². The zero-order valence-electron chi connectivity index (χ0n) is 45.9. The minimum atomic E-state index is 0. The van der Waals surface area contributed by atoms with Gasteiger partial charge in [0.25, 0.3) is 0 Å². The molecule has 0 saturated carbocycles. The summed E-state index contributed by atoms with van der Waals surface area (Å²) in [6.45, 7) is 6.18. The molecule has 12 aromatic rings. The van der Waals surface area contributed by atoms with Crippen LogP contribution >= 0.6 is 0 Å². The van der Waals surface area contributed by atoms with Crippen LogP contribution in [0.4, 0.5) is 0 Å². The molecule has 0 fully saturated rings. The first-order chi connectivity index (χ1) is 39.0. The van der Waals surface area contributed by atoms with Crippen molar-refractivity contribution in [1.82, 2.24) is 24.9 Å². The second kappa shape index (κ2) is 37.4. The maximum atomic E-state index is 7.00. The molecular weight excluding hydrogens is 1350 g/mol. The van der Waals surface area contributed by atoms with Gasteiger partial charge in [0.1, 0.15) is 0 Å². The van der Waals surface area contributed by atoms with Gasteiger partial charge in [-0.15, -0.1) is 144 Å². The number of aromatic nitrogens is 5. The van der Waals surface area contributed by atoms with Gasteiger partial charge in [-0.1, -0.05) is 132 Å². The van der Waals surface area contributed by atoms with Crippen LogP contribution in [0.1, 0.15) is 16.7 Å². The van der Waals surface area contributed by atoms with Crippen molar-refractivity contribution >= 4 is 0 Å². The van der Waals surface area contributed by atoms with Gasteiger partial charge < -0.3 is 30.1 Å². The monoisotopic (exact) mass is 1420 g/mol. The summed E-state index contributed by atoms with van der Waals surface area (Å²) in [5.74, 6) is 0. The Labute approximate surface area is 506 Å². The molecule has 0 aliphatic rings. The van der Waals surface area contributed by atoms with Crippen LogP contribution in [-0.4, -0.2) is 49.4 Å². The number of nitrogens with zero attached hydrogens (tertiary/aromatic N) is 5. The third kappa shape index (κ3) is 20.9. The van der Waals surface area contributed by atoms with Crippen LogP contribution in [0.2, 0.25) is 0 Å². The van der Waals surface area contributed by atoms with Gasteiger partial charge in [-0.2, -0.15) is 0 Å². The molecular formula is C72H63Ir2N5O2-. The van der Waals surface area contributed by atoms with Gasteiger partial charge in [-0.25, -0.2) is 0 Å². The smallest absolute Gasteiger partial charge is 0.400 e. The van der Waals surface area contributed by atoms with E-state index in [9.17, 15) is 0 Å². The Hall–Kier alpha value is -8.49. The van der Waals surface area contributed by atoms with Crippen LogP contribution in [0.25, 0.3) is 78.5 Å². The van der Waals surface area contributed by atoms with Crippen LogP contribution in [0.3, 0.4) is 0 Å². The Morgan fingerprint density at radius 3 is 0.889 bits per heavy atom. The molecule has 0 aliphatic carbocycles. The van der Waals surface area contributed by atoms with Crippen molar-refractivity contribution in [2.45, 2.75) is 20.8 Å². The summed E-state index contributed by atoms with van der Waals surface area (Å²) in [4.78, 5) is 21.8. The Balaban J connectivity index is 0.000000215. The standard InChI is InChI=1S/C17H13N.C17H12N.3C12H10N.2CH4O.2Ir/c2*1-3-7-14(8-4-1)16-11-12-18-17(13-16)15-9-5-2-6-10-15;3*1-10-6-5-9-13-12(10)11-7-3-2-4-8-11;2*1-2;;/h1-13H;1-9,11-13H;3*2-7,9H,1H3;2*2H,1H3;;/q;4*-1;;;;+3. The molecule has 0 bridgehead atoms. The summed E-state index contributed by atoms with van der Waals surface area (Å²) in [6.07, 6.45) is 9.14. The quantitative estimate of drug-likeness (QED) is 0.153. The van der Waals surface area contributed by atoms with Crippen LogP contribution in [-0.2, 0) is 40.2 Å². The van der Waals surface area contributed by atoms with E-state index in [2.05, 4.69) is 149 Å². The van der Waals surface area contributed by atoms with Crippen LogP contribution in [0.15, 0.2) is 280 Å². The molecule has 9 heteroatoms. The Morgan fingerprint density at radius 1 is 0.272 bits per heavy atom. The molecule has 2 N–H and O–H groups in total. The Bertz CT molecular complexity index is 3150. The Kier molecular flexibility index (Phi) is 30.0. The number of hydrogen-bond donors (Lipinski definition) is 2. The fourth-order valence-corrected chi connectivity index (χ4v) is 7.87. The molecule has 0 spiro atoms. The van der Waals surface area contributed by atoms with Crippen molar-refractivity contribution in [2.24, 2.45) is 0 Å². The normalized spacial score (nSPS) is 9.47. The van der Waals surface area contributed by atoms with E-state index in [0.29, 0.717) is 0 Å². The number of aliphatic hydroxyl groups excluding tert-OH is 2. The molecule has 7 nitrogen and oxygen atoms in total. The van der Waals surface area contributed by atoms with E-state index in [1.807, 2.05) is 201 Å². The second-order valence-corrected chi connectivity index (χ2v) is 17.1. The van der Waals surface area contributed by atoms with Crippen molar-refractivity contribution < 1.29 is 50.4 Å². The molecule has 407 valence electrons. The van der Waals surface area contributed by atoms with Crippen molar-refractivity contribution in [2.75, 3.05) is 14.2 Å². The molecule has 0 aliphatic heterocycles. The van der Waals surface area contributed by atoms with Gasteiger partial charge in [0.15, 0.2) is 0 Å². The van der Waals surface area contributed by atoms with E-state index >= 15 is 0 Å². The maximum Gasteiger partial charge on any atom is 3.00 e. The molecule has 81 heavy (non-hydrogen) atoms. The first-order valence-corrected chi connectivity index (χ1v) is 25.6.